The van der Waals surface area contributed by atoms with Crippen LogP contribution in [0.2, 0.25) is 0 Å². The van der Waals surface area contributed by atoms with Crippen LogP contribution in [0.25, 0.3) is 10.9 Å². The molecule has 40 heavy (non-hydrogen) atoms. The van der Waals surface area contributed by atoms with Gasteiger partial charge in [0.25, 0.3) is 0 Å². The number of fused-ring (bicyclic) bond motifs is 1. The van der Waals surface area contributed by atoms with Gasteiger partial charge >= 0.3 is 5.97 Å². The van der Waals surface area contributed by atoms with Crippen LogP contribution in [0.1, 0.15) is 28.5 Å². The van der Waals surface area contributed by atoms with Gasteiger partial charge in [-0.25, -0.2) is 17.5 Å². The Labute approximate surface area is 234 Å². The zero-order valence-electron chi connectivity index (χ0n) is 22.8. The number of aromatic carboxylic acids is 1. The number of aliphatic hydroxyl groups is 1. The van der Waals surface area contributed by atoms with Crippen LogP contribution in [0, 0.1) is 0 Å². The molecule has 0 spiro atoms. The molecule has 2 atom stereocenters. The van der Waals surface area contributed by atoms with Gasteiger partial charge in [0.05, 0.1) is 4.90 Å². The van der Waals surface area contributed by atoms with Gasteiger partial charge in [-0.15, -0.1) is 0 Å². The molecule has 0 saturated heterocycles. The molecule has 212 valence electrons. The minimum absolute atomic E-state index is 0.0613. The second-order valence-corrected chi connectivity index (χ2v) is 12.2. The van der Waals surface area contributed by atoms with Crippen molar-refractivity contribution in [3.05, 3.63) is 95.7 Å². The maximum absolute atomic E-state index is 12.6. The van der Waals surface area contributed by atoms with Crippen molar-refractivity contribution in [1.82, 2.24) is 14.2 Å². The van der Waals surface area contributed by atoms with Gasteiger partial charge in [-0.05, 0) is 66.9 Å². The average molecular weight is 566 g/mol. The molecule has 4 aromatic rings. The number of carboxylic acids is 1. The highest BCUT2D eigenvalue weighted by Gasteiger charge is 2.19. The Kier molecular flexibility index (Phi) is 9.26. The Morgan fingerprint density at radius 1 is 1.00 bits per heavy atom. The number of aromatic nitrogens is 1. The van der Waals surface area contributed by atoms with Crippen LogP contribution in [0.15, 0.2) is 83.8 Å². The van der Waals surface area contributed by atoms with Crippen LogP contribution < -0.4 is 10.1 Å². The molecule has 1 aromatic heterocycles. The maximum atomic E-state index is 12.6. The number of carbonyl (C=O) groups is 1. The second kappa shape index (κ2) is 12.6. The number of hydrogen-bond acceptors (Lipinski definition) is 6. The molecule has 9 nitrogen and oxygen atoms in total. The topological polar surface area (TPSA) is 121 Å². The van der Waals surface area contributed by atoms with E-state index in [4.69, 9.17) is 4.74 Å². The minimum Gasteiger partial charge on any atom is -0.491 e. The van der Waals surface area contributed by atoms with Gasteiger partial charge in [0.2, 0.25) is 10.0 Å². The van der Waals surface area contributed by atoms with Gasteiger partial charge in [0.1, 0.15) is 24.2 Å². The predicted molar refractivity (Wildman–Crippen MR) is 154 cm³/mol. The molecule has 1 heterocycles. The molecule has 0 fully saturated rings. The highest BCUT2D eigenvalue weighted by molar-refractivity contribution is 7.89. The van der Waals surface area contributed by atoms with Crippen LogP contribution in [0.3, 0.4) is 0 Å². The first-order valence-corrected chi connectivity index (χ1v) is 14.4. The average Bonchev–Trinajstić information content (AvgIpc) is 3.29. The van der Waals surface area contributed by atoms with E-state index in [-0.39, 0.29) is 29.8 Å². The summed E-state index contributed by atoms with van der Waals surface area (Å²) in [6.45, 7) is 2.79. The summed E-state index contributed by atoms with van der Waals surface area (Å²) in [4.78, 5) is 12.2. The lowest BCUT2D eigenvalue weighted by atomic mass is 10.0. The smallest absolute Gasteiger partial charge is 0.352 e. The number of para-hydroxylation sites is 1. The molecule has 0 amide bonds. The van der Waals surface area contributed by atoms with Crippen molar-refractivity contribution in [2.24, 2.45) is 0 Å². The van der Waals surface area contributed by atoms with E-state index < -0.39 is 22.1 Å². The van der Waals surface area contributed by atoms with Crippen molar-refractivity contribution in [2.75, 3.05) is 27.2 Å². The summed E-state index contributed by atoms with van der Waals surface area (Å²) in [5, 5.41) is 24.3. The molecule has 3 N–H and O–H groups in total. The molecule has 0 saturated carbocycles. The molecular formula is C30H35N3O6S. The standard InChI is InChI=1S/C30H35N3O6S/c1-21(31-18-25(34)20-39-26-9-5-4-6-10-26)14-22-12-13-28-24(15-22)17-29(30(35)36)33(28)19-23-8-7-11-27(16-23)40(37,38)32(2)3/h4-13,15-17,21,25,31,34H,14,18-20H2,1-3H3,(H,35,36). The highest BCUT2D eigenvalue weighted by atomic mass is 32.2. The van der Waals surface area contributed by atoms with Gasteiger partial charge in [-0.1, -0.05) is 36.4 Å². The van der Waals surface area contributed by atoms with E-state index in [9.17, 15) is 23.4 Å². The molecule has 0 radical (unpaired) electrons. The molecule has 2 unspecified atom stereocenters. The second-order valence-electron chi connectivity index (χ2n) is 10.0. The first kappa shape index (κ1) is 29.3. The fourth-order valence-corrected chi connectivity index (χ4v) is 5.50. The van der Waals surface area contributed by atoms with Gasteiger partial charge in [-0.2, -0.15) is 0 Å². The normalized spacial score (nSPS) is 13.4. The number of carboxylic acid groups (broad SMARTS) is 1. The van der Waals surface area contributed by atoms with Crippen LogP contribution >= 0.6 is 0 Å². The summed E-state index contributed by atoms with van der Waals surface area (Å²) in [5.74, 6) is -0.349. The summed E-state index contributed by atoms with van der Waals surface area (Å²) in [6.07, 6.45) is 0.0174. The quantitative estimate of drug-likeness (QED) is 0.227. The lowest BCUT2D eigenvalue weighted by molar-refractivity contribution is 0.0686. The fraction of sp³-hybridized carbons (Fsp3) is 0.300. The molecule has 0 aliphatic carbocycles. The molecule has 0 bridgehead atoms. The monoisotopic (exact) mass is 565 g/mol. The van der Waals surface area contributed by atoms with Gasteiger partial charge in [-0.3, -0.25) is 0 Å². The van der Waals surface area contributed by atoms with E-state index in [1.807, 2.05) is 55.5 Å². The minimum atomic E-state index is -3.61. The number of rotatable bonds is 13. The number of ether oxygens (including phenoxy) is 1. The van der Waals surface area contributed by atoms with E-state index in [2.05, 4.69) is 5.32 Å². The summed E-state index contributed by atoms with van der Waals surface area (Å²) in [6, 6.07) is 23.4. The van der Waals surface area contributed by atoms with E-state index in [1.165, 1.54) is 20.2 Å². The number of nitrogens with zero attached hydrogens (tertiary/aromatic N) is 2. The number of hydrogen-bond donors (Lipinski definition) is 3. The van der Waals surface area contributed by atoms with Crippen molar-refractivity contribution in [3.63, 3.8) is 0 Å². The highest BCUT2D eigenvalue weighted by Crippen LogP contribution is 2.25. The SMILES string of the molecule is CC(Cc1ccc2c(c1)cc(C(=O)O)n2Cc1cccc(S(=O)(=O)N(C)C)c1)NCC(O)COc1ccccc1. The van der Waals surface area contributed by atoms with Gasteiger partial charge < -0.3 is 24.8 Å². The molecule has 10 heteroatoms. The van der Waals surface area contributed by atoms with Crippen molar-refractivity contribution in [1.29, 1.82) is 0 Å². The summed E-state index contributed by atoms with van der Waals surface area (Å²) < 4.78 is 33.6. The van der Waals surface area contributed by atoms with Gasteiger partial charge in [0.15, 0.2) is 0 Å². The van der Waals surface area contributed by atoms with Crippen LogP contribution in [-0.4, -0.2) is 72.9 Å². The van der Waals surface area contributed by atoms with E-state index in [0.717, 1.165) is 20.8 Å². The lowest BCUT2D eigenvalue weighted by Crippen LogP contribution is -2.37. The molecule has 0 aliphatic heterocycles. The van der Waals surface area contributed by atoms with Crippen LogP contribution in [0.5, 0.6) is 5.75 Å². The van der Waals surface area contributed by atoms with Crippen LogP contribution in [-0.2, 0) is 23.0 Å². The molecule has 4 rings (SSSR count). The van der Waals surface area contributed by atoms with Gasteiger partial charge in [0, 0.05) is 44.1 Å². The Balaban J connectivity index is 1.45. The fourth-order valence-electron chi connectivity index (χ4n) is 4.52. The Bertz CT molecular complexity index is 1570. The first-order chi connectivity index (χ1) is 19.0. The van der Waals surface area contributed by atoms with Crippen molar-refractivity contribution < 1.29 is 28.2 Å². The zero-order chi connectivity index (χ0) is 28.9. The van der Waals surface area contributed by atoms with E-state index >= 15 is 0 Å². The Hall–Kier alpha value is -3.70. The van der Waals surface area contributed by atoms with Crippen molar-refractivity contribution in [3.8, 4) is 5.75 Å². The van der Waals surface area contributed by atoms with E-state index in [0.29, 0.717) is 24.3 Å². The van der Waals surface area contributed by atoms with Crippen molar-refractivity contribution in [2.45, 2.75) is 36.9 Å². The zero-order valence-corrected chi connectivity index (χ0v) is 23.6. The maximum Gasteiger partial charge on any atom is 0.352 e. The number of nitrogens with one attached hydrogen (secondary N) is 1. The number of aliphatic hydroxyl groups excluding tert-OH is 1. The van der Waals surface area contributed by atoms with E-state index in [1.54, 1.807) is 28.8 Å². The summed E-state index contributed by atoms with van der Waals surface area (Å²) >= 11 is 0. The Morgan fingerprint density at radius 3 is 2.45 bits per heavy atom. The lowest BCUT2D eigenvalue weighted by Gasteiger charge is -2.18. The number of benzene rings is 3. The molecule has 3 aromatic carbocycles. The first-order valence-electron chi connectivity index (χ1n) is 13.0. The molecule has 0 aliphatic rings. The van der Waals surface area contributed by atoms with Crippen molar-refractivity contribution >= 4 is 26.9 Å². The van der Waals surface area contributed by atoms with Crippen LogP contribution in [0.4, 0.5) is 0 Å². The molecular weight excluding hydrogens is 530 g/mol. The predicted octanol–water partition coefficient (Wildman–Crippen LogP) is 3.60. The largest absolute Gasteiger partial charge is 0.491 e. The number of sulfonamides is 1. The summed E-state index contributed by atoms with van der Waals surface area (Å²) in [5.41, 5.74) is 2.58. The third-order valence-corrected chi connectivity index (χ3v) is 8.44. The third-order valence-electron chi connectivity index (χ3n) is 6.63. The summed E-state index contributed by atoms with van der Waals surface area (Å²) in [7, 11) is -0.666. The Morgan fingerprint density at radius 2 is 1.75 bits per heavy atom. The third kappa shape index (κ3) is 7.08.